The van der Waals surface area contributed by atoms with E-state index in [1.165, 1.54) is 11.3 Å². The number of amides is 1. The monoisotopic (exact) mass is 340 g/mol. The summed E-state index contributed by atoms with van der Waals surface area (Å²) in [6.45, 7) is 4.18. The molecular formula is C19H20N2O2S. The summed E-state index contributed by atoms with van der Waals surface area (Å²) in [6.07, 6.45) is -0.400. The van der Waals surface area contributed by atoms with Gasteiger partial charge in [-0.25, -0.2) is 0 Å². The Hall–Kier alpha value is -2.24. The van der Waals surface area contributed by atoms with E-state index in [-0.39, 0.29) is 18.9 Å². The highest BCUT2D eigenvalue weighted by Gasteiger charge is 2.14. The minimum atomic E-state index is -0.669. The van der Waals surface area contributed by atoms with Crippen molar-refractivity contribution in [2.24, 2.45) is 0 Å². The van der Waals surface area contributed by atoms with Crippen molar-refractivity contribution in [3.63, 3.8) is 0 Å². The van der Waals surface area contributed by atoms with Gasteiger partial charge in [-0.05, 0) is 53.4 Å². The summed E-state index contributed by atoms with van der Waals surface area (Å²) >= 11 is 1.53. The van der Waals surface area contributed by atoms with Crippen LogP contribution in [0.1, 0.15) is 28.5 Å². The lowest BCUT2D eigenvalue weighted by atomic mass is 9.99. The van der Waals surface area contributed by atoms with Crippen molar-refractivity contribution in [3.05, 3.63) is 63.5 Å². The average molecular weight is 340 g/mol. The summed E-state index contributed by atoms with van der Waals surface area (Å²) in [6, 6.07) is 9.82. The number of hydrogen-bond donors (Lipinski definition) is 2. The van der Waals surface area contributed by atoms with E-state index in [0.717, 1.165) is 33.3 Å². The highest BCUT2D eigenvalue weighted by Crippen LogP contribution is 2.23. The van der Waals surface area contributed by atoms with Crippen LogP contribution in [0.3, 0.4) is 0 Å². The van der Waals surface area contributed by atoms with Crippen LogP contribution in [0.25, 0.3) is 10.9 Å². The molecule has 3 rings (SSSR count). The smallest absolute Gasteiger partial charge is 0.224 e. The van der Waals surface area contributed by atoms with Crippen LogP contribution in [0.4, 0.5) is 0 Å². The fraction of sp³-hybridized carbons (Fsp3) is 0.263. The number of nitrogens with zero attached hydrogens (tertiary/aromatic N) is 1. The Morgan fingerprint density at radius 3 is 2.83 bits per heavy atom. The molecule has 0 aliphatic rings. The van der Waals surface area contributed by atoms with E-state index in [2.05, 4.69) is 10.3 Å². The fourth-order valence-corrected chi connectivity index (χ4v) is 3.55. The number of fused-ring (bicyclic) bond motifs is 1. The first-order valence-corrected chi connectivity index (χ1v) is 8.82. The zero-order valence-corrected chi connectivity index (χ0v) is 14.6. The van der Waals surface area contributed by atoms with Crippen molar-refractivity contribution < 1.29 is 9.90 Å². The Morgan fingerprint density at radius 1 is 1.29 bits per heavy atom. The van der Waals surface area contributed by atoms with Gasteiger partial charge in [0.15, 0.2) is 0 Å². The summed E-state index contributed by atoms with van der Waals surface area (Å²) in [5.74, 6) is -0.104. The quantitative estimate of drug-likeness (QED) is 0.749. The minimum Gasteiger partial charge on any atom is -0.387 e. The van der Waals surface area contributed by atoms with Crippen LogP contribution >= 0.6 is 11.3 Å². The van der Waals surface area contributed by atoms with Crippen LogP contribution in [-0.4, -0.2) is 22.5 Å². The van der Waals surface area contributed by atoms with E-state index in [9.17, 15) is 9.90 Å². The third kappa shape index (κ3) is 3.47. The maximum atomic E-state index is 12.3. The molecule has 124 valence electrons. The molecule has 1 amide bonds. The summed E-state index contributed by atoms with van der Waals surface area (Å²) in [5.41, 5.74) is 4.70. The van der Waals surface area contributed by atoms with Gasteiger partial charge < -0.3 is 10.4 Å². The van der Waals surface area contributed by atoms with E-state index >= 15 is 0 Å². The van der Waals surface area contributed by atoms with Crippen LogP contribution < -0.4 is 5.32 Å². The summed E-state index contributed by atoms with van der Waals surface area (Å²) in [7, 11) is 0. The number of benzene rings is 1. The molecule has 0 saturated heterocycles. The Kier molecular flexibility index (Phi) is 4.92. The van der Waals surface area contributed by atoms with E-state index < -0.39 is 6.10 Å². The Bertz CT molecular complexity index is 859. The van der Waals surface area contributed by atoms with Crippen molar-refractivity contribution in [2.75, 3.05) is 6.54 Å². The lowest BCUT2D eigenvalue weighted by molar-refractivity contribution is -0.120. The zero-order valence-electron chi connectivity index (χ0n) is 13.7. The Labute approximate surface area is 145 Å². The van der Waals surface area contributed by atoms with E-state index in [1.54, 1.807) is 0 Å². The van der Waals surface area contributed by atoms with Gasteiger partial charge in [0.2, 0.25) is 5.91 Å². The van der Waals surface area contributed by atoms with Crippen molar-refractivity contribution in [1.82, 2.24) is 10.3 Å². The third-order valence-electron chi connectivity index (χ3n) is 4.24. The van der Waals surface area contributed by atoms with Crippen molar-refractivity contribution in [1.29, 1.82) is 0 Å². The predicted molar refractivity (Wildman–Crippen MR) is 97.2 cm³/mol. The number of hydrogen-bond acceptors (Lipinski definition) is 4. The summed E-state index contributed by atoms with van der Waals surface area (Å²) in [4.78, 5) is 16.9. The highest BCUT2D eigenvalue weighted by molar-refractivity contribution is 7.07. The second kappa shape index (κ2) is 7.11. The molecule has 1 aromatic carbocycles. The van der Waals surface area contributed by atoms with Gasteiger partial charge in [0.05, 0.1) is 18.0 Å². The molecule has 0 radical (unpaired) electrons. The van der Waals surface area contributed by atoms with Gasteiger partial charge in [-0.2, -0.15) is 11.3 Å². The number of aryl methyl sites for hydroxylation is 2. The SMILES string of the molecule is Cc1nc2ccccc2c(C)c1CC(=O)NCC(O)c1ccsc1. The lowest BCUT2D eigenvalue weighted by Gasteiger charge is -2.14. The second-order valence-corrected chi connectivity index (χ2v) is 6.65. The number of pyridine rings is 1. The first-order chi connectivity index (χ1) is 11.6. The van der Waals surface area contributed by atoms with Crippen LogP contribution in [0.5, 0.6) is 0 Å². The van der Waals surface area contributed by atoms with Gasteiger partial charge in [-0.3, -0.25) is 9.78 Å². The molecule has 0 spiro atoms. The molecule has 3 aromatic rings. The average Bonchev–Trinajstić information content (AvgIpc) is 3.11. The normalized spacial score (nSPS) is 12.3. The molecule has 0 aliphatic heterocycles. The minimum absolute atomic E-state index is 0.104. The van der Waals surface area contributed by atoms with Gasteiger partial charge in [-0.15, -0.1) is 0 Å². The number of aromatic nitrogens is 1. The van der Waals surface area contributed by atoms with Crippen molar-refractivity contribution in [2.45, 2.75) is 26.4 Å². The number of para-hydroxylation sites is 1. The zero-order chi connectivity index (χ0) is 17.1. The molecule has 0 aliphatic carbocycles. The number of aliphatic hydroxyl groups is 1. The van der Waals surface area contributed by atoms with Crippen LogP contribution in [0.2, 0.25) is 0 Å². The van der Waals surface area contributed by atoms with Crippen LogP contribution in [0.15, 0.2) is 41.1 Å². The van der Waals surface area contributed by atoms with E-state index in [0.29, 0.717) is 0 Å². The Balaban J connectivity index is 1.71. The Morgan fingerprint density at radius 2 is 2.08 bits per heavy atom. The molecule has 1 atom stereocenters. The van der Waals surface area contributed by atoms with Gasteiger partial charge in [-0.1, -0.05) is 18.2 Å². The highest BCUT2D eigenvalue weighted by atomic mass is 32.1. The number of carbonyl (C=O) groups excluding carboxylic acids is 1. The lowest BCUT2D eigenvalue weighted by Crippen LogP contribution is -2.30. The maximum absolute atomic E-state index is 12.3. The van der Waals surface area contributed by atoms with Crippen molar-refractivity contribution >= 4 is 28.1 Å². The molecule has 4 nitrogen and oxygen atoms in total. The third-order valence-corrected chi connectivity index (χ3v) is 4.94. The first kappa shape index (κ1) is 16.6. The number of nitrogens with one attached hydrogen (secondary N) is 1. The second-order valence-electron chi connectivity index (χ2n) is 5.87. The van der Waals surface area contributed by atoms with Gasteiger partial charge in [0.25, 0.3) is 0 Å². The fourth-order valence-electron chi connectivity index (χ4n) is 2.85. The number of carbonyl (C=O) groups is 1. The summed E-state index contributed by atoms with van der Waals surface area (Å²) < 4.78 is 0. The van der Waals surface area contributed by atoms with Crippen LogP contribution in [0, 0.1) is 13.8 Å². The number of thiophene rings is 1. The molecule has 5 heteroatoms. The topological polar surface area (TPSA) is 62.2 Å². The molecule has 0 bridgehead atoms. The molecule has 0 fully saturated rings. The molecule has 2 N–H and O–H groups in total. The van der Waals surface area contributed by atoms with Gasteiger partial charge in [0.1, 0.15) is 0 Å². The summed E-state index contributed by atoms with van der Waals surface area (Å²) in [5, 5.41) is 17.7. The van der Waals surface area contributed by atoms with Gasteiger partial charge in [0, 0.05) is 17.6 Å². The van der Waals surface area contributed by atoms with E-state index in [4.69, 9.17) is 0 Å². The van der Waals surface area contributed by atoms with E-state index in [1.807, 2.05) is 54.9 Å². The molecular weight excluding hydrogens is 320 g/mol. The largest absolute Gasteiger partial charge is 0.387 e. The molecule has 24 heavy (non-hydrogen) atoms. The standard InChI is InChI=1S/C19H20N2O2S/c1-12-15-5-3-4-6-17(15)21-13(2)16(12)9-19(23)20-10-18(22)14-7-8-24-11-14/h3-8,11,18,22H,9-10H2,1-2H3,(H,20,23). The molecule has 2 aromatic heterocycles. The predicted octanol–water partition coefficient (Wildman–Crippen LogP) is 3.31. The number of aliphatic hydroxyl groups excluding tert-OH is 1. The maximum Gasteiger partial charge on any atom is 0.224 e. The molecule has 2 heterocycles. The molecule has 0 saturated carbocycles. The molecule has 1 unspecified atom stereocenters. The number of rotatable bonds is 5. The van der Waals surface area contributed by atoms with Crippen LogP contribution in [-0.2, 0) is 11.2 Å². The van der Waals surface area contributed by atoms with Gasteiger partial charge >= 0.3 is 0 Å². The van der Waals surface area contributed by atoms with Crippen molar-refractivity contribution in [3.8, 4) is 0 Å². The first-order valence-electron chi connectivity index (χ1n) is 7.88.